The summed E-state index contributed by atoms with van der Waals surface area (Å²) in [4.78, 5) is 12.2. The van der Waals surface area contributed by atoms with Crippen LogP contribution in [0.1, 0.15) is 25.0 Å². The molecule has 1 atom stereocenters. The third kappa shape index (κ3) is 5.89. The molecular weight excluding hydrogens is 368 g/mol. The van der Waals surface area contributed by atoms with Crippen LogP contribution < -0.4 is 19.6 Å². The second kappa shape index (κ2) is 9.83. The number of hydrogen-bond acceptors (Lipinski definition) is 5. The molecule has 0 aliphatic carbocycles. The van der Waals surface area contributed by atoms with Crippen LogP contribution in [-0.4, -0.2) is 31.9 Å². The van der Waals surface area contributed by atoms with Gasteiger partial charge in [0, 0.05) is 5.02 Å². The largest absolute Gasteiger partial charge is 0.493 e. The Labute approximate surface area is 164 Å². The highest BCUT2D eigenvalue weighted by atomic mass is 35.5. The fourth-order valence-corrected chi connectivity index (χ4v) is 2.52. The highest BCUT2D eigenvalue weighted by Crippen LogP contribution is 2.27. The normalized spacial score (nSPS) is 11.9. The quantitative estimate of drug-likeness (QED) is 0.547. The SMILES string of the molecule is CCOc1ccc(/C=N/NC(=O)C(C)Oc2ccc(Cl)cc2C)cc1OC. The van der Waals surface area contributed by atoms with E-state index in [0.717, 1.165) is 11.1 Å². The van der Waals surface area contributed by atoms with Gasteiger partial charge in [-0.25, -0.2) is 5.43 Å². The third-order valence-corrected chi connectivity index (χ3v) is 3.92. The Kier molecular flexibility index (Phi) is 7.49. The molecule has 0 spiro atoms. The first-order chi connectivity index (χ1) is 12.9. The van der Waals surface area contributed by atoms with E-state index in [4.69, 9.17) is 25.8 Å². The average Bonchev–Trinajstić information content (AvgIpc) is 2.65. The van der Waals surface area contributed by atoms with Gasteiger partial charge in [-0.3, -0.25) is 4.79 Å². The van der Waals surface area contributed by atoms with Crippen LogP contribution in [-0.2, 0) is 4.79 Å². The lowest BCUT2D eigenvalue weighted by Gasteiger charge is -2.15. The van der Waals surface area contributed by atoms with E-state index in [2.05, 4.69) is 10.5 Å². The molecule has 0 bridgehead atoms. The Morgan fingerprint density at radius 3 is 2.63 bits per heavy atom. The van der Waals surface area contributed by atoms with Gasteiger partial charge in [-0.2, -0.15) is 5.10 Å². The van der Waals surface area contributed by atoms with Crippen molar-refractivity contribution >= 4 is 23.7 Å². The van der Waals surface area contributed by atoms with E-state index < -0.39 is 6.10 Å². The molecule has 0 fully saturated rings. The molecule has 0 saturated heterocycles. The maximum atomic E-state index is 12.2. The van der Waals surface area contributed by atoms with E-state index in [1.54, 1.807) is 44.4 Å². The van der Waals surface area contributed by atoms with E-state index in [-0.39, 0.29) is 5.91 Å². The van der Waals surface area contributed by atoms with E-state index in [1.807, 2.05) is 19.9 Å². The molecule has 0 heterocycles. The Bertz CT molecular complexity index is 824. The highest BCUT2D eigenvalue weighted by molar-refractivity contribution is 6.30. The molecule has 0 saturated carbocycles. The lowest BCUT2D eigenvalue weighted by Crippen LogP contribution is -2.33. The van der Waals surface area contributed by atoms with Crippen LogP contribution in [0.4, 0.5) is 0 Å². The number of halogens is 1. The number of hydrazone groups is 1. The standard InChI is InChI=1S/C20H23ClN2O4/c1-5-26-18-8-6-15(11-19(18)25-4)12-22-23-20(24)14(3)27-17-9-7-16(21)10-13(17)2/h6-12,14H,5H2,1-4H3,(H,23,24)/b22-12+. The minimum atomic E-state index is -0.711. The summed E-state index contributed by atoms with van der Waals surface area (Å²) < 4.78 is 16.4. The number of hydrogen-bond donors (Lipinski definition) is 1. The number of nitrogens with one attached hydrogen (secondary N) is 1. The summed E-state index contributed by atoms with van der Waals surface area (Å²) in [5.41, 5.74) is 4.08. The number of carbonyl (C=O) groups is 1. The molecule has 1 unspecified atom stereocenters. The maximum Gasteiger partial charge on any atom is 0.280 e. The monoisotopic (exact) mass is 390 g/mol. The minimum absolute atomic E-state index is 0.362. The first kappa shape index (κ1) is 20.6. The molecule has 7 heteroatoms. The topological polar surface area (TPSA) is 69.2 Å². The smallest absolute Gasteiger partial charge is 0.280 e. The number of carbonyl (C=O) groups excluding carboxylic acids is 1. The summed E-state index contributed by atoms with van der Waals surface area (Å²) in [6, 6.07) is 10.6. The molecule has 0 aromatic heterocycles. The lowest BCUT2D eigenvalue weighted by atomic mass is 10.2. The number of nitrogens with zero attached hydrogens (tertiary/aromatic N) is 1. The molecule has 2 aromatic rings. The first-order valence-corrected chi connectivity index (χ1v) is 8.89. The van der Waals surface area contributed by atoms with Gasteiger partial charge in [0.05, 0.1) is 19.9 Å². The van der Waals surface area contributed by atoms with E-state index >= 15 is 0 Å². The molecule has 0 radical (unpaired) electrons. The van der Waals surface area contributed by atoms with Crippen LogP contribution in [0.3, 0.4) is 0 Å². The molecule has 2 aromatic carbocycles. The molecule has 2 rings (SSSR count). The zero-order chi connectivity index (χ0) is 19.8. The maximum absolute atomic E-state index is 12.2. The van der Waals surface area contributed by atoms with Crippen molar-refractivity contribution in [2.45, 2.75) is 26.9 Å². The number of aryl methyl sites for hydroxylation is 1. The second-order valence-corrected chi connectivity index (χ2v) is 6.18. The van der Waals surface area contributed by atoms with Gasteiger partial charge < -0.3 is 14.2 Å². The van der Waals surface area contributed by atoms with Crippen molar-refractivity contribution in [3.8, 4) is 17.2 Å². The average molecular weight is 391 g/mol. The van der Waals surface area contributed by atoms with Crippen molar-refractivity contribution in [3.05, 3.63) is 52.5 Å². The van der Waals surface area contributed by atoms with Crippen molar-refractivity contribution in [1.82, 2.24) is 5.43 Å². The number of benzene rings is 2. The van der Waals surface area contributed by atoms with Crippen molar-refractivity contribution in [1.29, 1.82) is 0 Å². The second-order valence-electron chi connectivity index (χ2n) is 5.75. The molecule has 6 nitrogen and oxygen atoms in total. The predicted molar refractivity (Wildman–Crippen MR) is 106 cm³/mol. The zero-order valence-electron chi connectivity index (χ0n) is 15.8. The molecular formula is C20H23ClN2O4. The Balaban J connectivity index is 1.95. The summed E-state index contributed by atoms with van der Waals surface area (Å²) in [7, 11) is 1.57. The van der Waals surface area contributed by atoms with Gasteiger partial charge in [-0.1, -0.05) is 11.6 Å². The van der Waals surface area contributed by atoms with E-state index in [0.29, 0.717) is 28.9 Å². The number of ether oxygens (including phenoxy) is 3. The summed E-state index contributed by atoms with van der Waals surface area (Å²) in [6.45, 7) is 5.96. The van der Waals surface area contributed by atoms with Gasteiger partial charge in [-0.15, -0.1) is 0 Å². The lowest BCUT2D eigenvalue weighted by molar-refractivity contribution is -0.127. The van der Waals surface area contributed by atoms with Crippen LogP contribution in [0.15, 0.2) is 41.5 Å². The number of amides is 1. The highest BCUT2D eigenvalue weighted by Gasteiger charge is 2.15. The zero-order valence-corrected chi connectivity index (χ0v) is 16.5. The molecule has 0 aliphatic heterocycles. The van der Waals surface area contributed by atoms with Gasteiger partial charge in [0.2, 0.25) is 0 Å². The summed E-state index contributed by atoms with van der Waals surface area (Å²) >= 11 is 5.92. The van der Waals surface area contributed by atoms with Crippen LogP contribution in [0.2, 0.25) is 5.02 Å². The molecule has 1 amide bonds. The van der Waals surface area contributed by atoms with Crippen LogP contribution >= 0.6 is 11.6 Å². The van der Waals surface area contributed by atoms with Crippen LogP contribution in [0, 0.1) is 6.92 Å². The first-order valence-electron chi connectivity index (χ1n) is 8.51. The fraction of sp³-hybridized carbons (Fsp3) is 0.300. The number of methoxy groups -OCH3 is 1. The van der Waals surface area contributed by atoms with Gasteiger partial charge in [0.1, 0.15) is 5.75 Å². The van der Waals surface area contributed by atoms with Crippen molar-refractivity contribution < 1.29 is 19.0 Å². The van der Waals surface area contributed by atoms with Gasteiger partial charge in [0.25, 0.3) is 5.91 Å². The Hall–Kier alpha value is -2.73. The van der Waals surface area contributed by atoms with Crippen molar-refractivity contribution in [2.75, 3.05) is 13.7 Å². The van der Waals surface area contributed by atoms with Gasteiger partial charge >= 0.3 is 0 Å². The molecule has 1 N–H and O–H groups in total. The van der Waals surface area contributed by atoms with Crippen LogP contribution in [0.5, 0.6) is 17.2 Å². The summed E-state index contributed by atoms with van der Waals surface area (Å²) in [5, 5.41) is 4.59. The fourth-order valence-electron chi connectivity index (χ4n) is 2.29. The Morgan fingerprint density at radius 1 is 1.22 bits per heavy atom. The Morgan fingerprint density at radius 2 is 1.96 bits per heavy atom. The molecule has 27 heavy (non-hydrogen) atoms. The summed E-state index contributed by atoms with van der Waals surface area (Å²) in [5.74, 6) is 1.49. The minimum Gasteiger partial charge on any atom is -0.493 e. The molecule has 144 valence electrons. The van der Waals surface area contributed by atoms with Crippen molar-refractivity contribution in [3.63, 3.8) is 0 Å². The van der Waals surface area contributed by atoms with Crippen LogP contribution in [0.25, 0.3) is 0 Å². The van der Waals surface area contributed by atoms with Gasteiger partial charge in [-0.05, 0) is 68.3 Å². The summed E-state index contributed by atoms with van der Waals surface area (Å²) in [6.07, 6.45) is 0.813. The van der Waals surface area contributed by atoms with E-state index in [9.17, 15) is 4.79 Å². The van der Waals surface area contributed by atoms with E-state index in [1.165, 1.54) is 6.21 Å². The van der Waals surface area contributed by atoms with Crippen molar-refractivity contribution in [2.24, 2.45) is 5.10 Å². The molecule has 0 aliphatic rings. The third-order valence-electron chi connectivity index (χ3n) is 3.69. The number of rotatable bonds is 8. The predicted octanol–water partition coefficient (Wildman–Crippen LogP) is 3.97. The van der Waals surface area contributed by atoms with Gasteiger partial charge in [0.15, 0.2) is 17.6 Å².